The van der Waals surface area contributed by atoms with Crippen molar-refractivity contribution in [1.29, 1.82) is 5.26 Å². The molecule has 0 aliphatic heterocycles. The number of nitrogens with two attached hydrogens (primary N) is 1. The highest BCUT2D eigenvalue weighted by Gasteiger charge is 2.24. The standard InChI is InChI=1S/C16H20N4O2/c1-16(2,3)20-14(18)12(9-17)15(19-20)22-10-11-7-5-6-8-13(11)21-4/h5-8H,10,18H2,1-4H3. The van der Waals surface area contributed by atoms with Gasteiger partial charge in [-0.3, -0.25) is 0 Å². The number of benzene rings is 1. The molecule has 0 bridgehead atoms. The molecule has 0 fully saturated rings. The Morgan fingerprint density at radius 2 is 2.00 bits per heavy atom. The maximum atomic E-state index is 9.29. The van der Waals surface area contributed by atoms with Crippen LogP contribution in [-0.2, 0) is 12.1 Å². The SMILES string of the molecule is COc1ccccc1COc1nn(C(C)(C)C)c(N)c1C#N. The Morgan fingerprint density at radius 1 is 1.32 bits per heavy atom. The van der Waals surface area contributed by atoms with Gasteiger partial charge in [-0.25, -0.2) is 4.68 Å². The zero-order valence-corrected chi connectivity index (χ0v) is 13.3. The third-order valence-electron chi connectivity index (χ3n) is 3.19. The molecule has 116 valence electrons. The van der Waals surface area contributed by atoms with Crippen molar-refractivity contribution in [2.75, 3.05) is 12.8 Å². The van der Waals surface area contributed by atoms with Crippen molar-refractivity contribution in [2.24, 2.45) is 0 Å². The van der Waals surface area contributed by atoms with Crippen molar-refractivity contribution in [3.63, 3.8) is 0 Å². The smallest absolute Gasteiger partial charge is 0.253 e. The number of para-hydroxylation sites is 1. The molecule has 22 heavy (non-hydrogen) atoms. The van der Waals surface area contributed by atoms with Crippen molar-refractivity contribution in [1.82, 2.24) is 9.78 Å². The fourth-order valence-corrected chi connectivity index (χ4v) is 2.10. The molecule has 0 atom stereocenters. The minimum atomic E-state index is -0.332. The first-order valence-electron chi connectivity index (χ1n) is 6.92. The average Bonchev–Trinajstić information content (AvgIpc) is 2.81. The van der Waals surface area contributed by atoms with Crippen LogP contribution in [0.2, 0.25) is 0 Å². The number of aromatic nitrogens is 2. The molecule has 0 unspecified atom stereocenters. The van der Waals surface area contributed by atoms with Crippen LogP contribution in [0.5, 0.6) is 11.6 Å². The number of nitrogens with zero attached hydrogens (tertiary/aromatic N) is 3. The molecular formula is C16H20N4O2. The zero-order chi connectivity index (χ0) is 16.3. The Hall–Kier alpha value is -2.68. The second-order valence-corrected chi connectivity index (χ2v) is 5.86. The molecule has 0 saturated carbocycles. The highest BCUT2D eigenvalue weighted by Crippen LogP contribution is 2.29. The molecule has 0 amide bonds. The molecule has 6 nitrogen and oxygen atoms in total. The van der Waals surface area contributed by atoms with Gasteiger partial charge in [0.25, 0.3) is 5.88 Å². The topological polar surface area (TPSA) is 86.1 Å². The molecule has 0 saturated heterocycles. The molecule has 0 aliphatic rings. The minimum absolute atomic E-state index is 0.237. The van der Waals surface area contributed by atoms with E-state index in [1.165, 1.54) is 0 Å². The first-order chi connectivity index (χ1) is 10.4. The fourth-order valence-electron chi connectivity index (χ4n) is 2.10. The van der Waals surface area contributed by atoms with Gasteiger partial charge in [0.05, 0.1) is 12.6 Å². The van der Waals surface area contributed by atoms with Gasteiger partial charge in [-0.15, -0.1) is 5.10 Å². The molecule has 2 aromatic rings. The number of hydrogen-bond acceptors (Lipinski definition) is 5. The lowest BCUT2D eigenvalue weighted by Crippen LogP contribution is -2.24. The van der Waals surface area contributed by atoms with E-state index < -0.39 is 0 Å². The van der Waals surface area contributed by atoms with Crippen LogP contribution in [0.4, 0.5) is 5.82 Å². The van der Waals surface area contributed by atoms with E-state index in [0.29, 0.717) is 5.82 Å². The van der Waals surface area contributed by atoms with Crippen LogP contribution < -0.4 is 15.2 Å². The number of rotatable bonds is 4. The van der Waals surface area contributed by atoms with Crippen LogP contribution in [0.15, 0.2) is 24.3 Å². The lowest BCUT2D eigenvalue weighted by atomic mass is 10.1. The largest absolute Gasteiger partial charge is 0.496 e. The van der Waals surface area contributed by atoms with Crippen molar-refractivity contribution < 1.29 is 9.47 Å². The van der Waals surface area contributed by atoms with E-state index >= 15 is 0 Å². The lowest BCUT2D eigenvalue weighted by molar-refractivity contribution is 0.270. The maximum absolute atomic E-state index is 9.29. The number of hydrogen-bond donors (Lipinski definition) is 1. The first-order valence-corrected chi connectivity index (χ1v) is 6.92. The summed E-state index contributed by atoms with van der Waals surface area (Å²) < 4.78 is 12.6. The summed E-state index contributed by atoms with van der Waals surface area (Å²) in [5.74, 6) is 1.27. The molecule has 2 N–H and O–H groups in total. The minimum Gasteiger partial charge on any atom is -0.496 e. The van der Waals surface area contributed by atoms with Crippen LogP contribution in [0.1, 0.15) is 31.9 Å². The normalized spacial score (nSPS) is 11.0. The summed E-state index contributed by atoms with van der Waals surface area (Å²) in [6.45, 7) is 6.13. The van der Waals surface area contributed by atoms with E-state index in [-0.39, 0.29) is 23.6 Å². The number of ether oxygens (including phenoxy) is 2. The fraction of sp³-hybridized carbons (Fsp3) is 0.375. The summed E-state index contributed by atoms with van der Waals surface area (Å²) in [7, 11) is 1.60. The van der Waals surface area contributed by atoms with Gasteiger partial charge in [-0.05, 0) is 26.8 Å². The number of anilines is 1. The van der Waals surface area contributed by atoms with Crippen molar-refractivity contribution in [2.45, 2.75) is 32.9 Å². The molecule has 1 aromatic carbocycles. The predicted octanol–water partition coefficient (Wildman–Crippen LogP) is 2.68. The van der Waals surface area contributed by atoms with Crippen LogP contribution in [0, 0.1) is 11.3 Å². The van der Waals surface area contributed by atoms with Gasteiger partial charge in [0.1, 0.15) is 24.2 Å². The summed E-state index contributed by atoms with van der Waals surface area (Å²) in [6, 6.07) is 9.59. The van der Waals surface area contributed by atoms with Gasteiger partial charge < -0.3 is 15.2 Å². The second kappa shape index (κ2) is 5.98. The van der Waals surface area contributed by atoms with Crippen LogP contribution in [-0.4, -0.2) is 16.9 Å². The highest BCUT2D eigenvalue weighted by molar-refractivity contribution is 5.55. The van der Waals surface area contributed by atoms with E-state index in [9.17, 15) is 5.26 Å². The zero-order valence-electron chi connectivity index (χ0n) is 13.3. The Labute approximate surface area is 130 Å². The third kappa shape index (κ3) is 2.98. The molecule has 0 aliphatic carbocycles. The molecule has 6 heteroatoms. The summed E-state index contributed by atoms with van der Waals surface area (Å²) >= 11 is 0. The first kappa shape index (κ1) is 15.7. The van der Waals surface area contributed by atoms with Crippen molar-refractivity contribution >= 4 is 5.82 Å². The van der Waals surface area contributed by atoms with Crippen LogP contribution in [0.25, 0.3) is 0 Å². The Bertz CT molecular complexity index is 708. The van der Waals surface area contributed by atoms with E-state index in [1.807, 2.05) is 45.0 Å². The highest BCUT2D eigenvalue weighted by atomic mass is 16.5. The van der Waals surface area contributed by atoms with Gasteiger partial charge in [0, 0.05) is 5.56 Å². The van der Waals surface area contributed by atoms with Crippen molar-refractivity contribution in [3.8, 4) is 17.7 Å². The summed E-state index contributed by atoms with van der Waals surface area (Å²) in [6.07, 6.45) is 0. The van der Waals surface area contributed by atoms with Gasteiger partial charge in [-0.1, -0.05) is 18.2 Å². The number of nitrogen functional groups attached to an aromatic ring is 1. The molecular weight excluding hydrogens is 280 g/mol. The van der Waals surface area contributed by atoms with Gasteiger partial charge in [0.2, 0.25) is 0 Å². The van der Waals surface area contributed by atoms with Crippen LogP contribution >= 0.6 is 0 Å². The maximum Gasteiger partial charge on any atom is 0.253 e. The molecule has 0 radical (unpaired) electrons. The Balaban J connectivity index is 2.29. The number of nitriles is 1. The van der Waals surface area contributed by atoms with E-state index in [2.05, 4.69) is 11.2 Å². The second-order valence-electron chi connectivity index (χ2n) is 5.86. The van der Waals surface area contributed by atoms with E-state index in [4.69, 9.17) is 15.2 Å². The Kier molecular flexibility index (Phi) is 4.27. The number of methoxy groups -OCH3 is 1. The lowest BCUT2D eigenvalue weighted by Gasteiger charge is -2.20. The van der Waals surface area contributed by atoms with Gasteiger partial charge in [-0.2, -0.15) is 5.26 Å². The van der Waals surface area contributed by atoms with Gasteiger partial charge >= 0.3 is 0 Å². The van der Waals surface area contributed by atoms with Crippen molar-refractivity contribution in [3.05, 3.63) is 35.4 Å². The van der Waals surface area contributed by atoms with Crippen LogP contribution in [0.3, 0.4) is 0 Å². The van der Waals surface area contributed by atoms with E-state index in [0.717, 1.165) is 11.3 Å². The van der Waals surface area contributed by atoms with E-state index in [1.54, 1.807) is 11.8 Å². The summed E-state index contributed by atoms with van der Waals surface area (Å²) in [5, 5.41) is 13.6. The quantitative estimate of drug-likeness (QED) is 0.938. The summed E-state index contributed by atoms with van der Waals surface area (Å²) in [4.78, 5) is 0. The third-order valence-corrected chi connectivity index (χ3v) is 3.19. The predicted molar refractivity (Wildman–Crippen MR) is 83.7 cm³/mol. The van der Waals surface area contributed by atoms with Gasteiger partial charge in [0.15, 0.2) is 5.56 Å². The molecule has 1 aromatic heterocycles. The molecule has 0 spiro atoms. The Morgan fingerprint density at radius 3 is 2.59 bits per heavy atom. The monoisotopic (exact) mass is 300 g/mol. The molecule has 1 heterocycles. The average molecular weight is 300 g/mol. The molecule has 2 rings (SSSR count). The summed E-state index contributed by atoms with van der Waals surface area (Å²) in [5.41, 5.74) is 6.79.